The number of carboxylic acid groups (broad SMARTS) is 1. The van der Waals surface area contributed by atoms with Crippen molar-refractivity contribution in [2.75, 3.05) is 12.3 Å². The fourth-order valence-electron chi connectivity index (χ4n) is 3.05. The van der Waals surface area contributed by atoms with E-state index in [-0.39, 0.29) is 22.4 Å². The molecule has 0 aromatic carbocycles. The first-order valence-electron chi connectivity index (χ1n) is 8.03. The Hall–Kier alpha value is -2.56. The fourth-order valence-corrected chi connectivity index (χ4v) is 3.39. The number of aromatic nitrogens is 3. The second-order valence-electron chi connectivity index (χ2n) is 6.45. The van der Waals surface area contributed by atoms with Gasteiger partial charge in [0.2, 0.25) is 0 Å². The average Bonchev–Trinajstić information content (AvgIpc) is 3.08. The molecule has 14 heteroatoms. The summed E-state index contributed by atoms with van der Waals surface area (Å²) in [7, 11) is -4.83. The zero-order valence-electron chi connectivity index (χ0n) is 14.8. The second kappa shape index (κ2) is 7.36. The molecule has 1 aliphatic heterocycles. The van der Waals surface area contributed by atoms with Crippen molar-refractivity contribution >= 4 is 30.6 Å². The molecule has 0 radical (unpaired) electrons. The van der Waals surface area contributed by atoms with Gasteiger partial charge in [-0.3, -0.25) is 4.52 Å². The summed E-state index contributed by atoms with van der Waals surface area (Å²) in [6.45, 7) is 0.554. The Balaban J connectivity index is 2.06. The summed E-state index contributed by atoms with van der Waals surface area (Å²) in [5.41, 5.74) is 4.20. The van der Waals surface area contributed by atoms with Crippen LogP contribution in [-0.2, 0) is 18.6 Å². The molecule has 1 saturated heterocycles. The lowest BCUT2D eigenvalue weighted by Gasteiger charge is -2.27. The van der Waals surface area contributed by atoms with Crippen LogP contribution in [0.1, 0.15) is 18.7 Å². The Kier molecular flexibility index (Phi) is 5.37. The molecule has 3 unspecified atom stereocenters. The lowest BCUT2D eigenvalue weighted by atomic mass is 9.96. The van der Waals surface area contributed by atoms with E-state index in [0.29, 0.717) is 0 Å². The monoisotopic (exact) mass is 428 g/mol. The highest BCUT2D eigenvalue weighted by atomic mass is 31.2. The average molecular weight is 428 g/mol. The van der Waals surface area contributed by atoms with Crippen LogP contribution in [0.5, 0.6) is 0 Å². The van der Waals surface area contributed by atoms with E-state index in [4.69, 9.17) is 25.4 Å². The van der Waals surface area contributed by atoms with Crippen molar-refractivity contribution in [1.29, 1.82) is 0 Å². The zero-order valence-corrected chi connectivity index (χ0v) is 15.7. The molecular weight excluding hydrogens is 411 g/mol. The number of nitrogens with zero attached hydrogens (tertiary/aromatic N) is 3. The number of anilines is 1. The largest absolute Gasteiger partial charge is 0.472 e. The van der Waals surface area contributed by atoms with Crippen LogP contribution in [0.25, 0.3) is 11.0 Å². The molecular formula is C15H17N4O9P. The summed E-state index contributed by atoms with van der Waals surface area (Å²) in [6, 6.07) is 0. The Labute approximate surface area is 162 Å². The number of aliphatic hydroxyl groups is 2. The quantitative estimate of drug-likeness (QED) is 0.244. The summed E-state index contributed by atoms with van der Waals surface area (Å²) < 4.78 is 22.2. The second-order valence-corrected chi connectivity index (χ2v) is 7.69. The van der Waals surface area contributed by atoms with Gasteiger partial charge in [-0.05, 0) is 6.92 Å². The molecule has 1 fully saturated rings. The van der Waals surface area contributed by atoms with E-state index in [1.54, 1.807) is 0 Å². The molecule has 2 aromatic heterocycles. The summed E-state index contributed by atoms with van der Waals surface area (Å²) >= 11 is 0. The highest BCUT2D eigenvalue weighted by Crippen LogP contribution is 2.43. The Morgan fingerprint density at radius 1 is 1.48 bits per heavy atom. The van der Waals surface area contributed by atoms with Gasteiger partial charge in [0, 0.05) is 12.1 Å². The minimum absolute atomic E-state index is 0.00279. The molecule has 0 bridgehead atoms. The standard InChI is InChI=1S/C15H17N4O9P/c1-15(23)11(22)8(5-27-29(24,25)26)28-14(15)19-4-7(2-3-9(20)21)10-12(16)17-6-18-13(10)19/h4,6,8,11,14,22-23H,5H2,1H3,(H,20,21)(H2,16,17,18)(H2,24,25,26)/t8?,11?,14?,15-/m1/s1. The van der Waals surface area contributed by atoms with Gasteiger partial charge in [-0.25, -0.2) is 19.3 Å². The van der Waals surface area contributed by atoms with Crippen molar-refractivity contribution in [2.24, 2.45) is 0 Å². The van der Waals surface area contributed by atoms with Crippen molar-refractivity contribution in [1.82, 2.24) is 14.5 Å². The molecule has 4 atom stereocenters. The molecule has 156 valence electrons. The molecule has 29 heavy (non-hydrogen) atoms. The van der Waals surface area contributed by atoms with E-state index >= 15 is 0 Å². The molecule has 0 saturated carbocycles. The van der Waals surface area contributed by atoms with E-state index in [0.717, 1.165) is 6.33 Å². The third kappa shape index (κ3) is 4.09. The van der Waals surface area contributed by atoms with Crippen LogP contribution in [0, 0.1) is 11.8 Å². The minimum Gasteiger partial charge on any atom is -0.472 e. The van der Waals surface area contributed by atoms with Crippen molar-refractivity contribution in [3.63, 3.8) is 0 Å². The van der Waals surface area contributed by atoms with Crippen molar-refractivity contribution in [3.8, 4) is 11.8 Å². The van der Waals surface area contributed by atoms with Crippen LogP contribution in [0.4, 0.5) is 5.82 Å². The van der Waals surface area contributed by atoms with Crippen molar-refractivity contribution in [2.45, 2.75) is 31.0 Å². The molecule has 0 spiro atoms. The molecule has 0 amide bonds. The van der Waals surface area contributed by atoms with Crippen LogP contribution in [0.15, 0.2) is 12.5 Å². The first-order chi connectivity index (χ1) is 13.4. The van der Waals surface area contributed by atoms with E-state index in [2.05, 4.69) is 20.4 Å². The van der Waals surface area contributed by atoms with Crippen LogP contribution in [0.2, 0.25) is 0 Å². The SMILES string of the molecule is C[C@@]1(O)C(O)C(COP(=O)(O)O)OC1n1cc(C#CC(=O)O)c2c(N)ncnc21. The lowest BCUT2D eigenvalue weighted by molar-refractivity contribution is -0.130. The Morgan fingerprint density at radius 3 is 2.79 bits per heavy atom. The number of nitrogen functional groups attached to an aromatic ring is 1. The van der Waals surface area contributed by atoms with E-state index in [9.17, 15) is 19.6 Å². The van der Waals surface area contributed by atoms with Gasteiger partial charge in [-0.15, -0.1) is 0 Å². The fraction of sp³-hybridized carbons (Fsp3) is 0.400. The molecule has 3 rings (SSSR count). The summed E-state index contributed by atoms with van der Waals surface area (Å²) in [6.07, 6.45) is -1.70. The third-order valence-corrected chi connectivity index (χ3v) is 4.84. The number of fused-ring (bicyclic) bond motifs is 1. The van der Waals surface area contributed by atoms with Gasteiger partial charge in [0.25, 0.3) is 0 Å². The first-order valence-corrected chi connectivity index (χ1v) is 9.56. The number of rotatable bonds is 4. The number of hydrogen-bond acceptors (Lipinski definition) is 9. The van der Waals surface area contributed by atoms with Gasteiger partial charge in [-0.2, -0.15) is 0 Å². The predicted octanol–water partition coefficient (Wildman–Crippen LogP) is -1.43. The van der Waals surface area contributed by atoms with Gasteiger partial charge in [-0.1, -0.05) is 5.92 Å². The smallest absolute Gasteiger partial charge is 0.469 e. The number of phosphoric ester groups is 1. The Bertz CT molecular complexity index is 1070. The van der Waals surface area contributed by atoms with E-state index < -0.39 is 44.4 Å². The van der Waals surface area contributed by atoms with E-state index in [1.807, 2.05) is 5.92 Å². The molecule has 7 N–H and O–H groups in total. The van der Waals surface area contributed by atoms with Crippen LogP contribution < -0.4 is 5.73 Å². The van der Waals surface area contributed by atoms with Gasteiger partial charge in [0.05, 0.1) is 17.6 Å². The molecule has 0 aliphatic carbocycles. The maximum atomic E-state index is 10.9. The highest BCUT2D eigenvalue weighted by molar-refractivity contribution is 7.46. The number of ether oxygens (including phenoxy) is 1. The summed E-state index contributed by atoms with van der Waals surface area (Å²) in [5.74, 6) is 2.98. The van der Waals surface area contributed by atoms with Crippen molar-refractivity contribution < 1.29 is 43.7 Å². The van der Waals surface area contributed by atoms with Gasteiger partial charge < -0.3 is 40.1 Å². The number of phosphoric acid groups is 1. The first kappa shape index (κ1) is 21.2. The number of aliphatic carboxylic acids is 1. The Morgan fingerprint density at radius 2 is 2.17 bits per heavy atom. The molecule has 1 aliphatic rings. The highest BCUT2D eigenvalue weighted by Gasteiger charge is 2.54. The van der Waals surface area contributed by atoms with Gasteiger partial charge >= 0.3 is 13.8 Å². The summed E-state index contributed by atoms with van der Waals surface area (Å²) in [4.78, 5) is 36.4. The maximum absolute atomic E-state index is 10.9. The van der Waals surface area contributed by atoms with Crippen LogP contribution in [-0.4, -0.2) is 70.0 Å². The summed E-state index contributed by atoms with van der Waals surface area (Å²) in [5, 5.41) is 30.2. The number of aliphatic hydroxyl groups excluding tert-OH is 1. The normalized spacial score (nSPS) is 27.0. The topological polar surface area (TPSA) is 210 Å². The molecule has 3 heterocycles. The van der Waals surface area contributed by atoms with Gasteiger partial charge in [0.1, 0.15) is 35.6 Å². The molecule has 13 nitrogen and oxygen atoms in total. The van der Waals surface area contributed by atoms with Gasteiger partial charge in [0.15, 0.2) is 6.23 Å². The number of hydrogen-bond donors (Lipinski definition) is 6. The lowest BCUT2D eigenvalue weighted by Crippen LogP contribution is -2.44. The maximum Gasteiger partial charge on any atom is 0.469 e. The van der Waals surface area contributed by atoms with Crippen LogP contribution in [0.3, 0.4) is 0 Å². The number of nitrogens with two attached hydrogens (primary N) is 1. The minimum atomic E-state index is -4.83. The van der Waals surface area contributed by atoms with Crippen LogP contribution >= 0.6 is 7.82 Å². The number of carbonyl (C=O) groups is 1. The van der Waals surface area contributed by atoms with Crippen molar-refractivity contribution in [3.05, 3.63) is 18.1 Å². The zero-order chi connectivity index (χ0) is 21.6. The third-order valence-electron chi connectivity index (χ3n) is 4.36. The molecule has 2 aromatic rings. The number of carboxylic acids is 1. The predicted molar refractivity (Wildman–Crippen MR) is 95.0 cm³/mol. The van der Waals surface area contributed by atoms with E-state index in [1.165, 1.54) is 17.7 Å².